The predicted molar refractivity (Wildman–Crippen MR) is 260 cm³/mol. The molecule has 0 rings (SSSR count). The molecule has 0 bridgehead atoms. The second kappa shape index (κ2) is 48.6. The molecule has 6 nitrogen and oxygen atoms in total. The maximum Gasteiger partial charge on any atom is 0.306 e. The number of nitrogens with one attached hydrogen (secondary N) is 1. The summed E-state index contributed by atoms with van der Waals surface area (Å²) in [4.78, 5) is 26.1. The van der Waals surface area contributed by atoms with Gasteiger partial charge in [-0.1, -0.05) is 245 Å². The zero-order chi connectivity index (χ0) is 43.8. The molecule has 3 N–H and O–H groups in total. The van der Waals surface area contributed by atoms with Gasteiger partial charge in [0.2, 0.25) is 5.91 Å². The average Bonchev–Trinajstić information content (AvgIpc) is 3.24. The summed E-state index contributed by atoms with van der Waals surface area (Å²) in [6.07, 6.45) is 54.2. The van der Waals surface area contributed by atoms with E-state index in [1.807, 2.05) is 0 Å². The minimum absolute atomic E-state index is 0.0832. The Morgan fingerprint density at radius 2 is 0.800 bits per heavy atom. The summed E-state index contributed by atoms with van der Waals surface area (Å²) in [5, 5.41) is 23.7. The van der Waals surface area contributed by atoms with Crippen LogP contribution < -0.4 is 5.32 Å². The number of hydrogen-bond donors (Lipinski definition) is 3. The third kappa shape index (κ3) is 43.3. The van der Waals surface area contributed by atoms with Gasteiger partial charge in [0.15, 0.2) is 0 Å². The molecule has 0 radical (unpaired) electrons. The number of carbonyl (C=O) groups is 2. The normalized spacial score (nSPS) is 13.2. The molecule has 1 amide bonds. The number of aliphatic hydroxyl groups excluding tert-OH is 2. The largest absolute Gasteiger partial charge is 0.462 e. The van der Waals surface area contributed by atoms with Crippen LogP contribution in [0.25, 0.3) is 0 Å². The predicted octanol–water partition coefficient (Wildman–Crippen LogP) is 16.1. The topological polar surface area (TPSA) is 95.9 Å². The van der Waals surface area contributed by atoms with E-state index in [-0.39, 0.29) is 24.9 Å². The van der Waals surface area contributed by atoms with Crippen LogP contribution in [0.1, 0.15) is 297 Å². The highest BCUT2D eigenvalue weighted by molar-refractivity contribution is 5.77. The van der Waals surface area contributed by atoms with Crippen LogP contribution in [0.2, 0.25) is 0 Å². The van der Waals surface area contributed by atoms with Crippen LogP contribution in [0.15, 0.2) is 12.2 Å². The molecule has 0 heterocycles. The summed E-state index contributed by atoms with van der Waals surface area (Å²) in [6, 6.07) is -0.694. The van der Waals surface area contributed by atoms with E-state index in [4.69, 9.17) is 4.74 Å². The van der Waals surface area contributed by atoms with Crippen molar-refractivity contribution in [3.05, 3.63) is 12.2 Å². The molecule has 0 aliphatic rings. The first kappa shape index (κ1) is 58.6. The number of unbranched alkanes of at least 4 members (excludes halogenated alkanes) is 35. The van der Waals surface area contributed by atoms with Gasteiger partial charge in [-0.2, -0.15) is 0 Å². The lowest BCUT2D eigenvalue weighted by Gasteiger charge is -2.24. The average molecular weight is 848 g/mol. The number of carbonyl (C=O) groups excluding carboxylic acids is 2. The molecule has 0 aliphatic heterocycles. The summed E-state index contributed by atoms with van der Waals surface area (Å²) in [5.74, 6) is -0.460. The maximum absolute atomic E-state index is 13.2. The van der Waals surface area contributed by atoms with Gasteiger partial charge in [-0.05, 0) is 51.4 Å². The van der Waals surface area contributed by atoms with E-state index < -0.39 is 18.2 Å². The van der Waals surface area contributed by atoms with Crippen LogP contribution in [0.4, 0.5) is 0 Å². The molecule has 0 aromatic rings. The van der Waals surface area contributed by atoms with Crippen molar-refractivity contribution in [3.8, 4) is 0 Å². The van der Waals surface area contributed by atoms with Gasteiger partial charge < -0.3 is 20.3 Å². The van der Waals surface area contributed by atoms with E-state index in [2.05, 4.69) is 38.2 Å². The van der Waals surface area contributed by atoms with Crippen LogP contribution >= 0.6 is 0 Å². The Morgan fingerprint density at radius 3 is 1.20 bits per heavy atom. The number of aliphatic hydroxyl groups is 2. The van der Waals surface area contributed by atoms with E-state index in [9.17, 15) is 19.8 Å². The van der Waals surface area contributed by atoms with Gasteiger partial charge in [0.05, 0.1) is 25.2 Å². The summed E-state index contributed by atoms with van der Waals surface area (Å²) in [5.41, 5.74) is 0. The Hall–Kier alpha value is -1.40. The molecule has 0 aliphatic carbocycles. The van der Waals surface area contributed by atoms with Gasteiger partial charge >= 0.3 is 5.97 Å². The van der Waals surface area contributed by atoms with Crippen molar-refractivity contribution in [3.63, 3.8) is 0 Å². The highest BCUT2D eigenvalue weighted by atomic mass is 16.5. The van der Waals surface area contributed by atoms with Crippen LogP contribution in [0.5, 0.6) is 0 Å². The summed E-state index contributed by atoms with van der Waals surface area (Å²) in [6.45, 7) is 6.48. The number of allylic oxidation sites excluding steroid dienone is 2. The van der Waals surface area contributed by atoms with E-state index in [1.54, 1.807) is 0 Å². The Labute approximate surface area is 374 Å². The molecule has 0 fully saturated rings. The summed E-state index contributed by atoms with van der Waals surface area (Å²) < 4.78 is 5.95. The number of ether oxygens (including phenoxy) is 1. The second-order valence-electron chi connectivity index (χ2n) is 18.6. The van der Waals surface area contributed by atoms with E-state index in [1.165, 1.54) is 205 Å². The van der Waals surface area contributed by atoms with Gasteiger partial charge in [0.25, 0.3) is 0 Å². The smallest absolute Gasteiger partial charge is 0.306 e. The van der Waals surface area contributed by atoms with Crippen molar-refractivity contribution in [1.82, 2.24) is 5.32 Å². The molecule has 6 heteroatoms. The number of amides is 1. The SMILES string of the molecule is CCCCCC/C=C\CCCCCCCCCC(=O)OC(CCCCCCCCCCCCCCCCCCC)CC(=O)NC(CO)C(O)CCCCCCCCCCC. The first-order valence-electron chi connectivity index (χ1n) is 26.9. The number of esters is 1. The molecular weight excluding hydrogens is 743 g/mol. The molecule has 356 valence electrons. The monoisotopic (exact) mass is 848 g/mol. The van der Waals surface area contributed by atoms with Crippen molar-refractivity contribution < 1.29 is 24.5 Å². The summed E-state index contributed by atoms with van der Waals surface area (Å²) in [7, 11) is 0. The fourth-order valence-corrected chi connectivity index (χ4v) is 8.49. The first-order valence-corrected chi connectivity index (χ1v) is 26.9. The van der Waals surface area contributed by atoms with Crippen molar-refractivity contribution in [2.45, 2.75) is 315 Å². The standard InChI is InChI=1S/C54H105NO5/c1-4-7-10-13-16-19-21-23-25-26-28-29-31-34-36-39-42-45-50(48-53(58)55-51(49-56)52(57)46-43-40-37-33-18-15-12-9-6-3)60-54(59)47-44-41-38-35-32-30-27-24-22-20-17-14-11-8-5-2/h20,22,50-52,56-57H,4-19,21,23-49H2,1-3H3,(H,55,58)/b22-20-. The molecule has 0 aromatic heterocycles. The molecule has 3 atom stereocenters. The summed E-state index contributed by atoms with van der Waals surface area (Å²) >= 11 is 0. The van der Waals surface area contributed by atoms with Gasteiger partial charge in [-0.15, -0.1) is 0 Å². The third-order valence-electron chi connectivity index (χ3n) is 12.6. The minimum atomic E-state index is -0.781. The molecule has 3 unspecified atom stereocenters. The Kier molecular flexibility index (Phi) is 47.5. The third-order valence-corrected chi connectivity index (χ3v) is 12.6. The Balaban J connectivity index is 4.51. The fraction of sp³-hybridized carbons (Fsp3) is 0.926. The highest BCUT2D eigenvalue weighted by Gasteiger charge is 2.24. The van der Waals surface area contributed by atoms with E-state index in [0.29, 0.717) is 19.3 Å². The van der Waals surface area contributed by atoms with Crippen LogP contribution in [0.3, 0.4) is 0 Å². The number of rotatable bonds is 49. The molecule has 0 spiro atoms. The Bertz CT molecular complexity index is 909. The van der Waals surface area contributed by atoms with Crippen LogP contribution in [-0.4, -0.2) is 46.9 Å². The number of hydrogen-bond acceptors (Lipinski definition) is 5. The molecule has 0 saturated heterocycles. The molecule has 0 saturated carbocycles. The van der Waals surface area contributed by atoms with E-state index in [0.717, 1.165) is 44.9 Å². The lowest BCUT2D eigenvalue weighted by atomic mass is 10.0. The van der Waals surface area contributed by atoms with Gasteiger partial charge in [-0.3, -0.25) is 9.59 Å². The zero-order valence-electron chi connectivity index (χ0n) is 40.6. The molecular formula is C54H105NO5. The van der Waals surface area contributed by atoms with Crippen LogP contribution in [0, 0.1) is 0 Å². The molecule has 60 heavy (non-hydrogen) atoms. The van der Waals surface area contributed by atoms with Gasteiger partial charge in [0, 0.05) is 6.42 Å². The van der Waals surface area contributed by atoms with Gasteiger partial charge in [0.1, 0.15) is 6.10 Å². The van der Waals surface area contributed by atoms with E-state index >= 15 is 0 Å². The lowest BCUT2D eigenvalue weighted by molar-refractivity contribution is -0.151. The quantitative estimate of drug-likeness (QED) is 0.0322. The fourth-order valence-electron chi connectivity index (χ4n) is 8.49. The van der Waals surface area contributed by atoms with Crippen molar-refractivity contribution in [1.29, 1.82) is 0 Å². The van der Waals surface area contributed by atoms with Gasteiger partial charge in [-0.25, -0.2) is 0 Å². The Morgan fingerprint density at radius 1 is 0.467 bits per heavy atom. The zero-order valence-corrected chi connectivity index (χ0v) is 40.6. The van der Waals surface area contributed by atoms with Crippen molar-refractivity contribution >= 4 is 11.9 Å². The van der Waals surface area contributed by atoms with Crippen LogP contribution in [-0.2, 0) is 14.3 Å². The highest BCUT2D eigenvalue weighted by Crippen LogP contribution is 2.19. The second-order valence-corrected chi connectivity index (χ2v) is 18.6. The minimum Gasteiger partial charge on any atom is -0.462 e. The van der Waals surface area contributed by atoms with Crippen molar-refractivity contribution in [2.24, 2.45) is 0 Å². The van der Waals surface area contributed by atoms with Crippen molar-refractivity contribution in [2.75, 3.05) is 6.61 Å². The first-order chi connectivity index (χ1) is 29.5. The molecule has 0 aromatic carbocycles. The maximum atomic E-state index is 13.2. The lowest BCUT2D eigenvalue weighted by Crippen LogP contribution is -2.46.